The zero-order valence-electron chi connectivity index (χ0n) is 28.8. The topological polar surface area (TPSA) is 105 Å². The third kappa shape index (κ3) is 9.50. The van der Waals surface area contributed by atoms with Gasteiger partial charge in [-0.25, -0.2) is 9.78 Å². The zero-order chi connectivity index (χ0) is 33.6. The van der Waals surface area contributed by atoms with Crippen molar-refractivity contribution >= 4 is 33.7 Å². The summed E-state index contributed by atoms with van der Waals surface area (Å²) in [5.74, 6) is 0.977. The first-order valence-electron chi connectivity index (χ1n) is 16.7. The summed E-state index contributed by atoms with van der Waals surface area (Å²) in [6.07, 6.45) is 4.30. The van der Waals surface area contributed by atoms with Crippen molar-refractivity contribution in [3.05, 3.63) is 66.6 Å². The second-order valence-electron chi connectivity index (χ2n) is 14.9. The fourth-order valence-electron chi connectivity index (χ4n) is 5.58. The Bertz CT molecular complexity index is 1590. The molecule has 0 bridgehead atoms. The van der Waals surface area contributed by atoms with Crippen molar-refractivity contribution in [2.45, 2.75) is 70.1 Å². The van der Waals surface area contributed by atoms with E-state index >= 15 is 0 Å². The predicted molar refractivity (Wildman–Crippen MR) is 194 cm³/mol. The summed E-state index contributed by atoms with van der Waals surface area (Å²) in [7, 11) is -2.52. The lowest BCUT2D eigenvalue weighted by Gasteiger charge is -2.31. The number of piperidine rings is 1. The Morgan fingerprint density at radius 2 is 1.53 bits per heavy atom. The molecule has 1 fully saturated rings. The Kier molecular flexibility index (Phi) is 11.2. The van der Waals surface area contributed by atoms with Crippen LogP contribution in [0.1, 0.15) is 24.5 Å². The highest BCUT2D eigenvalue weighted by Gasteiger charge is 2.27. The zero-order valence-corrected chi connectivity index (χ0v) is 30.8. The van der Waals surface area contributed by atoms with Crippen molar-refractivity contribution in [2.75, 3.05) is 44.7 Å². The van der Waals surface area contributed by atoms with Gasteiger partial charge >= 0.3 is 6.09 Å². The predicted octanol–water partition coefficient (Wildman–Crippen LogP) is 7.75. The average molecular weight is 675 g/mol. The lowest BCUT2D eigenvalue weighted by atomic mass is 9.93. The second-order valence-corrected chi connectivity index (χ2v) is 26.2. The largest absolute Gasteiger partial charge is 0.465 e. The van der Waals surface area contributed by atoms with Crippen molar-refractivity contribution in [3.63, 3.8) is 0 Å². The van der Waals surface area contributed by atoms with Gasteiger partial charge in [0.1, 0.15) is 19.3 Å². The fourth-order valence-corrected chi connectivity index (χ4v) is 7.09. The van der Waals surface area contributed by atoms with E-state index in [1.54, 1.807) is 0 Å². The average Bonchev–Trinajstić information content (AvgIpc) is 3.47. The van der Waals surface area contributed by atoms with Crippen LogP contribution in [-0.2, 0) is 9.47 Å². The monoisotopic (exact) mass is 674 g/mol. The molecule has 3 aromatic heterocycles. The molecular weight excluding hydrogens is 625 g/mol. The number of amides is 1. The molecule has 12 heteroatoms. The molecule has 5 rings (SSSR count). The molecule has 1 aliphatic rings. The van der Waals surface area contributed by atoms with Gasteiger partial charge in [-0.1, -0.05) is 75.7 Å². The van der Waals surface area contributed by atoms with E-state index in [0.717, 1.165) is 51.6 Å². The van der Waals surface area contributed by atoms with Gasteiger partial charge in [0.25, 0.3) is 0 Å². The van der Waals surface area contributed by atoms with Gasteiger partial charge in [-0.05, 0) is 31.0 Å². The van der Waals surface area contributed by atoms with Gasteiger partial charge in [-0.2, -0.15) is 9.61 Å². The molecule has 1 amide bonds. The van der Waals surface area contributed by atoms with Crippen LogP contribution in [0.25, 0.3) is 28.0 Å². The highest BCUT2D eigenvalue weighted by atomic mass is 28.3. The molecule has 0 spiro atoms. The fraction of sp³-hybridized carbons (Fsp3) is 0.486. The number of carbonyl (C=O) groups is 1. The SMILES string of the molecule is C[Si](C)(C)CCOCN(COCC[Si](C)(C)C)c1cc(C2CCN(C(=O)O)CC2)nc2c(-c3ccc(-c4ccccc4)nc3)cnn12. The minimum Gasteiger partial charge on any atom is -0.465 e. The van der Waals surface area contributed by atoms with Gasteiger partial charge in [0.15, 0.2) is 5.65 Å². The number of benzene rings is 1. The minimum absolute atomic E-state index is 0.123. The molecule has 0 aliphatic carbocycles. The second kappa shape index (κ2) is 15.1. The van der Waals surface area contributed by atoms with E-state index in [9.17, 15) is 9.90 Å². The molecule has 4 aromatic rings. The van der Waals surface area contributed by atoms with Gasteiger partial charge < -0.3 is 24.4 Å². The van der Waals surface area contributed by atoms with Crippen LogP contribution in [0.15, 0.2) is 60.9 Å². The summed E-state index contributed by atoms with van der Waals surface area (Å²) in [6, 6.07) is 18.5. The maximum atomic E-state index is 11.6. The van der Waals surface area contributed by atoms with Crippen molar-refractivity contribution < 1.29 is 19.4 Å². The number of hydrogen-bond acceptors (Lipinski definition) is 7. The van der Waals surface area contributed by atoms with Crippen LogP contribution in [-0.4, -0.2) is 91.6 Å². The molecule has 0 unspecified atom stereocenters. The lowest BCUT2D eigenvalue weighted by Crippen LogP contribution is -2.37. The molecule has 1 aliphatic heterocycles. The summed E-state index contributed by atoms with van der Waals surface area (Å²) in [4.78, 5) is 25.2. The van der Waals surface area contributed by atoms with Crippen LogP contribution in [0.4, 0.5) is 10.6 Å². The standard InChI is InChI=1S/C35H50N6O4Si2/c1-46(2,3)20-18-44-25-40(26-45-19-21-47(4,5)6)33-22-32(28-14-16-39(17-15-28)35(42)43)38-34-30(24-37-41(33)34)29-12-13-31(36-23-29)27-10-8-7-9-11-27/h7-13,22-24,28H,14-21,25-26H2,1-6H3,(H,42,43). The molecule has 4 heterocycles. The van der Waals surface area contributed by atoms with Crippen LogP contribution in [0.3, 0.4) is 0 Å². The van der Waals surface area contributed by atoms with Crippen molar-refractivity contribution in [3.8, 4) is 22.4 Å². The molecule has 47 heavy (non-hydrogen) atoms. The first-order valence-corrected chi connectivity index (χ1v) is 24.1. The Morgan fingerprint density at radius 1 is 0.894 bits per heavy atom. The number of anilines is 1. The number of nitrogens with zero attached hydrogens (tertiary/aromatic N) is 6. The number of pyridine rings is 1. The van der Waals surface area contributed by atoms with Gasteiger partial charge in [0, 0.05) is 83.0 Å². The number of likely N-dealkylation sites (tertiary alicyclic amines) is 1. The number of carboxylic acid groups (broad SMARTS) is 1. The summed E-state index contributed by atoms with van der Waals surface area (Å²) >= 11 is 0. The minimum atomic E-state index is -1.26. The van der Waals surface area contributed by atoms with Crippen LogP contribution in [0, 0.1) is 0 Å². The molecule has 1 aromatic carbocycles. The molecule has 0 radical (unpaired) electrons. The molecular formula is C35H50N6O4Si2. The summed E-state index contributed by atoms with van der Waals surface area (Å²) < 4.78 is 14.5. The Morgan fingerprint density at radius 3 is 2.09 bits per heavy atom. The van der Waals surface area contributed by atoms with E-state index in [1.165, 1.54) is 4.90 Å². The normalized spacial score (nSPS) is 14.6. The van der Waals surface area contributed by atoms with Gasteiger partial charge in [-0.3, -0.25) is 4.98 Å². The number of hydrogen-bond donors (Lipinski definition) is 1. The maximum Gasteiger partial charge on any atom is 0.407 e. The summed E-state index contributed by atoms with van der Waals surface area (Å²) in [5, 5.41) is 14.4. The third-order valence-electron chi connectivity index (χ3n) is 8.61. The Balaban J connectivity index is 1.51. The van der Waals surface area contributed by atoms with Crippen LogP contribution in [0.5, 0.6) is 0 Å². The molecule has 10 nitrogen and oxygen atoms in total. The smallest absolute Gasteiger partial charge is 0.407 e. The first-order chi connectivity index (χ1) is 22.4. The quantitative estimate of drug-likeness (QED) is 0.0823. The third-order valence-corrected chi connectivity index (χ3v) is 12.0. The van der Waals surface area contributed by atoms with Crippen molar-refractivity contribution in [1.29, 1.82) is 0 Å². The van der Waals surface area contributed by atoms with Crippen LogP contribution >= 0.6 is 0 Å². The van der Waals surface area contributed by atoms with E-state index < -0.39 is 22.2 Å². The van der Waals surface area contributed by atoms with Crippen molar-refractivity contribution in [1.82, 2.24) is 24.5 Å². The summed E-state index contributed by atoms with van der Waals surface area (Å²) in [5.41, 5.74) is 5.46. The van der Waals surface area contributed by atoms with E-state index in [-0.39, 0.29) is 5.92 Å². The number of ether oxygens (including phenoxy) is 2. The van der Waals surface area contributed by atoms with Crippen LogP contribution in [0.2, 0.25) is 51.4 Å². The van der Waals surface area contributed by atoms with Crippen molar-refractivity contribution in [2.24, 2.45) is 0 Å². The van der Waals surface area contributed by atoms with E-state index in [2.05, 4.69) is 68.4 Å². The van der Waals surface area contributed by atoms with E-state index in [1.807, 2.05) is 41.2 Å². The molecule has 1 N–H and O–H groups in total. The Labute approximate surface area is 280 Å². The molecule has 1 saturated heterocycles. The number of rotatable bonds is 14. The number of aromatic nitrogens is 4. The summed E-state index contributed by atoms with van der Waals surface area (Å²) in [6.45, 7) is 17.2. The highest BCUT2D eigenvalue weighted by Crippen LogP contribution is 2.33. The molecule has 252 valence electrons. The van der Waals surface area contributed by atoms with E-state index in [4.69, 9.17) is 24.5 Å². The molecule has 0 atom stereocenters. The van der Waals surface area contributed by atoms with Gasteiger partial charge in [0.05, 0.1) is 11.9 Å². The van der Waals surface area contributed by atoms with Gasteiger partial charge in [-0.15, -0.1) is 0 Å². The molecule has 0 saturated carbocycles. The van der Waals surface area contributed by atoms with Crippen LogP contribution < -0.4 is 4.90 Å². The Hall–Kier alpha value is -3.59. The lowest BCUT2D eigenvalue weighted by molar-refractivity contribution is 0.0942. The maximum absolute atomic E-state index is 11.6. The first kappa shape index (κ1) is 34.7. The number of fused-ring (bicyclic) bond motifs is 1. The highest BCUT2D eigenvalue weighted by molar-refractivity contribution is 6.76. The van der Waals surface area contributed by atoms with Gasteiger partial charge in [0.2, 0.25) is 0 Å². The van der Waals surface area contributed by atoms with E-state index in [0.29, 0.717) is 52.6 Å².